The maximum Gasteiger partial charge on any atom is 0.469 e. The lowest BCUT2D eigenvalue weighted by Crippen LogP contribution is -2.29. The average Bonchev–Trinajstić information content (AvgIpc) is 3.06. The summed E-state index contributed by atoms with van der Waals surface area (Å²) >= 11 is 0. The monoisotopic (exact) mass is 726 g/mol. The van der Waals surface area contributed by atoms with E-state index in [0.717, 1.165) is 38.0 Å². The highest BCUT2D eigenvalue weighted by atomic mass is 31.2. The molecule has 0 rings (SSSR count). The maximum atomic E-state index is 12.4. The van der Waals surface area contributed by atoms with Crippen molar-refractivity contribution in [3.8, 4) is 0 Å². The van der Waals surface area contributed by atoms with Gasteiger partial charge in [0.1, 0.15) is 6.61 Å². The molecule has 0 fully saturated rings. The van der Waals surface area contributed by atoms with Gasteiger partial charge >= 0.3 is 19.8 Å². The average molecular weight is 727 g/mol. The van der Waals surface area contributed by atoms with Gasteiger partial charge < -0.3 is 24.4 Å². The summed E-state index contributed by atoms with van der Waals surface area (Å²) in [5, 5.41) is 10.0. The minimum atomic E-state index is -4.78. The lowest BCUT2D eigenvalue weighted by atomic mass is 10.0. The van der Waals surface area contributed by atoms with Gasteiger partial charge in [-0.3, -0.25) is 14.1 Å². The molecule has 0 aliphatic rings. The Labute approximate surface area is 304 Å². The van der Waals surface area contributed by atoms with E-state index in [1.807, 2.05) is 36.5 Å². The Morgan fingerprint density at radius 1 is 0.680 bits per heavy atom. The third-order valence-electron chi connectivity index (χ3n) is 8.11. The number of hydrogen-bond donors (Lipinski definition) is 3. The van der Waals surface area contributed by atoms with E-state index in [9.17, 15) is 19.3 Å². The van der Waals surface area contributed by atoms with Crippen LogP contribution in [0.3, 0.4) is 0 Å². The molecule has 9 nitrogen and oxygen atoms in total. The number of esters is 2. The summed E-state index contributed by atoms with van der Waals surface area (Å²) in [6.45, 7) is 5.84. The van der Waals surface area contributed by atoms with Crippen LogP contribution in [0.5, 0.6) is 0 Å². The molecule has 0 radical (unpaired) electrons. The van der Waals surface area contributed by atoms with Gasteiger partial charge in [-0.25, -0.2) is 4.57 Å². The van der Waals surface area contributed by atoms with Gasteiger partial charge in [0.2, 0.25) is 0 Å². The van der Waals surface area contributed by atoms with E-state index in [0.29, 0.717) is 25.7 Å². The molecule has 0 spiro atoms. The van der Waals surface area contributed by atoms with Gasteiger partial charge in [-0.1, -0.05) is 153 Å². The van der Waals surface area contributed by atoms with Crippen molar-refractivity contribution in [3.63, 3.8) is 0 Å². The van der Waals surface area contributed by atoms with Crippen molar-refractivity contribution in [1.29, 1.82) is 0 Å². The fourth-order valence-corrected chi connectivity index (χ4v) is 5.52. The Morgan fingerprint density at radius 2 is 1.28 bits per heavy atom. The van der Waals surface area contributed by atoms with Gasteiger partial charge in [-0.15, -0.1) is 0 Å². The maximum absolute atomic E-state index is 12.4. The molecule has 0 bridgehead atoms. The highest BCUT2D eigenvalue weighted by Gasteiger charge is 2.22. The second kappa shape index (κ2) is 34.1. The van der Waals surface area contributed by atoms with Crippen molar-refractivity contribution < 1.29 is 43.0 Å². The molecular formula is C40H71O9P. The third-order valence-corrected chi connectivity index (χ3v) is 8.59. The molecular weight excluding hydrogens is 655 g/mol. The van der Waals surface area contributed by atoms with E-state index in [1.54, 1.807) is 6.08 Å². The molecule has 0 aliphatic heterocycles. The van der Waals surface area contributed by atoms with Crippen LogP contribution in [0.2, 0.25) is 0 Å². The topological polar surface area (TPSA) is 140 Å². The summed E-state index contributed by atoms with van der Waals surface area (Å²) in [4.78, 5) is 42.7. The zero-order chi connectivity index (χ0) is 37.1. The summed E-state index contributed by atoms with van der Waals surface area (Å²) in [6, 6.07) is 0. The first-order valence-electron chi connectivity index (χ1n) is 19.4. The van der Waals surface area contributed by atoms with Crippen molar-refractivity contribution in [2.24, 2.45) is 5.92 Å². The van der Waals surface area contributed by atoms with Crippen LogP contribution < -0.4 is 0 Å². The fraction of sp³-hybridized carbons (Fsp3) is 0.750. The van der Waals surface area contributed by atoms with Crippen LogP contribution in [-0.2, 0) is 28.2 Å². The Kier molecular flexibility index (Phi) is 32.7. The molecule has 0 aliphatic carbocycles. The van der Waals surface area contributed by atoms with E-state index in [4.69, 9.17) is 19.3 Å². The molecule has 2 atom stereocenters. The number of phosphoric ester groups is 1. The summed E-state index contributed by atoms with van der Waals surface area (Å²) in [6.07, 6.45) is 35.8. The molecule has 0 unspecified atom stereocenters. The number of ether oxygens (including phenoxy) is 2. The third kappa shape index (κ3) is 37.2. The smallest absolute Gasteiger partial charge is 0.462 e. The van der Waals surface area contributed by atoms with E-state index >= 15 is 0 Å². The van der Waals surface area contributed by atoms with Crippen LogP contribution in [0.25, 0.3) is 0 Å². The van der Waals surface area contributed by atoms with Crippen molar-refractivity contribution in [2.45, 2.75) is 174 Å². The number of aliphatic hydroxyl groups is 1. The van der Waals surface area contributed by atoms with Gasteiger partial charge in [0.05, 0.1) is 12.7 Å². The van der Waals surface area contributed by atoms with Crippen molar-refractivity contribution >= 4 is 19.8 Å². The van der Waals surface area contributed by atoms with Crippen LogP contribution in [-0.4, -0.2) is 52.3 Å². The second-order valence-electron chi connectivity index (χ2n) is 13.6. The van der Waals surface area contributed by atoms with Crippen LogP contribution in [0, 0.1) is 5.92 Å². The Hall–Kier alpha value is -2.03. The van der Waals surface area contributed by atoms with Crippen molar-refractivity contribution in [2.75, 3.05) is 13.2 Å². The molecule has 3 N–H and O–H groups in total. The Bertz CT molecular complexity index is 983. The molecule has 0 saturated heterocycles. The highest BCUT2D eigenvalue weighted by Crippen LogP contribution is 2.36. The fourth-order valence-electron chi connectivity index (χ4n) is 5.16. The number of unbranched alkanes of at least 4 members (excludes halogenated alkanes) is 14. The minimum Gasteiger partial charge on any atom is -0.462 e. The number of allylic oxidation sites excluding steroid dienone is 6. The molecule has 10 heteroatoms. The second-order valence-corrected chi connectivity index (χ2v) is 14.8. The van der Waals surface area contributed by atoms with Gasteiger partial charge in [-0.05, 0) is 50.9 Å². The molecule has 0 aromatic carbocycles. The van der Waals surface area contributed by atoms with Crippen LogP contribution in [0.15, 0.2) is 48.6 Å². The Balaban J connectivity index is 4.12. The zero-order valence-electron chi connectivity index (χ0n) is 31.6. The van der Waals surface area contributed by atoms with Crippen molar-refractivity contribution in [1.82, 2.24) is 0 Å². The molecule has 50 heavy (non-hydrogen) atoms. The van der Waals surface area contributed by atoms with Crippen LogP contribution in [0.1, 0.15) is 162 Å². The molecule has 0 aromatic heterocycles. The molecule has 0 amide bonds. The standard InChI is InChI=1S/C40H71O9P/c1-4-5-6-7-14-20-25-30-37(41)31-26-21-16-13-18-22-27-32-39(42)47-34-38(35-48-50(44,45)46)49-40(43)33-28-23-17-12-10-8-9-11-15-19-24-29-36(2)3/h13-14,18,20-21,25-26,30,36-38,41H,4-12,15-17,19,22-24,27-29,31-35H2,1-3H3,(H2,44,45,46)/b18-13+,20-14-,26-21-,30-25-/t37-,38-/m1/s1. The zero-order valence-corrected chi connectivity index (χ0v) is 32.5. The molecule has 0 heterocycles. The number of carbonyl (C=O) groups excluding carboxylic acids is 2. The molecule has 0 aromatic rings. The van der Waals surface area contributed by atoms with E-state index < -0.39 is 38.6 Å². The first-order chi connectivity index (χ1) is 24.0. The van der Waals surface area contributed by atoms with Gasteiger partial charge in [-0.2, -0.15) is 0 Å². The number of carbonyl (C=O) groups is 2. The first kappa shape index (κ1) is 48.0. The van der Waals surface area contributed by atoms with E-state index in [2.05, 4.69) is 31.4 Å². The van der Waals surface area contributed by atoms with Crippen LogP contribution in [0.4, 0.5) is 0 Å². The molecule has 290 valence electrons. The SMILES string of the molecule is CCCCC/C=C\C=C/[C@@H](O)C/C=C\C/C=C/CCCC(=O)OC[C@H](COP(=O)(O)O)OC(=O)CCCCCCCCCCCCCC(C)C. The van der Waals surface area contributed by atoms with Gasteiger partial charge in [0.25, 0.3) is 0 Å². The first-order valence-corrected chi connectivity index (χ1v) is 20.9. The number of rotatable bonds is 34. The summed E-state index contributed by atoms with van der Waals surface area (Å²) in [5.74, 6) is -0.194. The Morgan fingerprint density at radius 3 is 1.92 bits per heavy atom. The van der Waals surface area contributed by atoms with Crippen LogP contribution >= 0.6 is 7.82 Å². The van der Waals surface area contributed by atoms with Crippen molar-refractivity contribution in [3.05, 3.63) is 48.6 Å². The van der Waals surface area contributed by atoms with Gasteiger partial charge in [0.15, 0.2) is 6.10 Å². The predicted molar refractivity (Wildman–Crippen MR) is 203 cm³/mol. The lowest BCUT2D eigenvalue weighted by Gasteiger charge is -2.18. The number of aliphatic hydroxyl groups excluding tert-OH is 1. The minimum absolute atomic E-state index is 0.157. The highest BCUT2D eigenvalue weighted by molar-refractivity contribution is 7.46. The largest absolute Gasteiger partial charge is 0.469 e. The lowest BCUT2D eigenvalue weighted by molar-refractivity contribution is -0.161. The van der Waals surface area contributed by atoms with E-state index in [1.165, 1.54) is 70.6 Å². The predicted octanol–water partition coefficient (Wildman–Crippen LogP) is 10.4. The summed E-state index contributed by atoms with van der Waals surface area (Å²) in [7, 11) is -4.78. The summed E-state index contributed by atoms with van der Waals surface area (Å²) < 4.78 is 26.2. The van der Waals surface area contributed by atoms with Gasteiger partial charge in [0, 0.05) is 12.8 Å². The normalized spacial score (nSPS) is 13.7. The summed E-state index contributed by atoms with van der Waals surface area (Å²) in [5.41, 5.74) is 0. The number of phosphoric acid groups is 1. The quantitative estimate of drug-likeness (QED) is 0.0194. The molecule has 0 saturated carbocycles. The van der Waals surface area contributed by atoms with E-state index in [-0.39, 0.29) is 19.4 Å². The number of hydrogen-bond acceptors (Lipinski definition) is 7.